The van der Waals surface area contributed by atoms with Crippen molar-refractivity contribution >= 4 is 28.7 Å². The quantitative estimate of drug-likeness (QED) is 0.768. The molecule has 4 rings (SSSR count). The van der Waals surface area contributed by atoms with E-state index >= 15 is 0 Å². The Morgan fingerprint density at radius 2 is 2.16 bits per heavy atom. The summed E-state index contributed by atoms with van der Waals surface area (Å²) in [6.07, 6.45) is 5.02. The van der Waals surface area contributed by atoms with E-state index in [0.717, 1.165) is 42.8 Å². The first-order chi connectivity index (χ1) is 12.3. The maximum Gasteiger partial charge on any atom is 0.138 e. The van der Waals surface area contributed by atoms with E-state index in [-0.39, 0.29) is 5.82 Å². The van der Waals surface area contributed by atoms with Crippen LogP contribution in [-0.4, -0.2) is 34.6 Å². The first kappa shape index (κ1) is 16.4. The Morgan fingerprint density at radius 3 is 3.00 bits per heavy atom. The molecule has 3 aromatic rings. The number of nitrogens with one attached hydrogen (secondary N) is 1. The topological polar surface area (TPSA) is 33.1 Å². The molecule has 1 atom stereocenters. The largest absolute Gasteiger partial charge is 0.366 e. The molecular formula is C19H21FN4S. The summed E-state index contributed by atoms with van der Waals surface area (Å²) in [7, 11) is 0. The minimum absolute atomic E-state index is 0.201. The van der Waals surface area contributed by atoms with E-state index in [0.29, 0.717) is 10.9 Å². The first-order valence-corrected chi connectivity index (χ1v) is 9.41. The maximum absolute atomic E-state index is 14.1. The van der Waals surface area contributed by atoms with Gasteiger partial charge in [-0.25, -0.2) is 4.39 Å². The highest BCUT2D eigenvalue weighted by molar-refractivity contribution is 7.98. The average molecular weight is 356 g/mol. The summed E-state index contributed by atoms with van der Waals surface area (Å²) in [5.41, 5.74) is 3.11. The number of aromatic nitrogens is 2. The Morgan fingerprint density at radius 1 is 1.28 bits per heavy atom. The molecule has 4 nitrogen and oxygen atoms in total. The van der Waals surface area contributed by atoms with Gasteiger partial charge in [0.05, 0.1) is 16.1 Å². The minimum Gasteiger partial charge on any atom is -0.366 e. The van der Waals surface area contributed by atoms with Crippen molar-refractivity contribution in [1.29, 1.82) is 0 Å². The van der Waals surface area contributed by atoms with E-state index in [2.05, 4.69) is 28.3 Å². The Bertz CT molecular complexity index is 879. The lowest BCUT2D eigenvalue weighted by Gasteiger charge is -2.34. The summed E-state index contributed by atoms with van der Waals surface area (Å²) < 4.78 is 16.1. The molecule has 1 saturated heterocycles. The average Bonchev–Trinajstić information content (AvgIpc) is 3.02. The maximum atomic E-state index is 14.1. The molecule has 0 bridgehead atoms. The van der Waals surface area contributed by atoms with Crippen molar-refractivity contribution in [2.24, 2.45) is 0 Å². The van der Waals surface area contributed by atoms with Crippen LogP contribution in [-0.2, 0) is 0 Å². The van der Waals surface area contributed by atoms with Crippen molar-refractivity contribution in [2.75, 3.05) is 24.5 Å². The monoisotopic (exact) mass is 356 g/mol. The summed E-state index contributed by atoms with van der Waals surface area (Å²) in [6.45, 7) is 5.10. The summed E-state index contributed by atoms with van der Waals surface area (Å²) in [5.74, 6) is -0.201. The van der Waals surface area contributed by atoms with Crippen LogP contribution < -0.4 is 10.2 Å². The second kappa shape index (κ2) is 7.06. The van der Waals surface area contributed by atoms with Crippen molar-refractivity contribution in [3.8, 4) is 0 Å². The number of piperazine rings is 1. The second-order valence-corrected chi connectivity index (χ2v) is 7.25. The van der Waals surface area contributed by atoms with E-state index in [4.69, 9.17) is 0 Å². The molecule has 1 aliphatic heterocycles. The zero-order valence-corrected chi connectivity index (χ0v) is 15.0. The molecule has 1 aromatic carbocycles. The van der Waals surface area contributed by atoms with Crippen LogP contribution >= 0.6 is 11.9 Å². The number of halogens is 1. The third-order valence-corrected chi connectivity index (χ3v) is 5.65. The zero-order chi connectivity index (χ0) is 17.2. The molecule has 0 aliphatic carbocycles. The number of benzene rings is 1. The molecule has 3 heterocycles. The van der Waals surface area contributed by atoms with E-state index in [1.54, 1.807) is 12.1 Å². The van der Waals surface area contributed by atoms with E-state index < -0.39 is 0 Å². The van der Waals surface area contributed by atoms with Gasteiger partial charge in [0.15, 0.2) is 0 Å². The van der Waals surface area contributed by atoms with Gasteiger partial charge < -0.3 is 10.2 Å². The Hall–Kier alpha value is -2.05. The van der Waals surface area contributed by atoms with Gasteiger partial charge in [0.1, 0.15) is 11.3 Å². The van der Waals surface area contributed by atoms with Crippen molar-refractivity contribution in [1.82, 2.24) is 14.3 Å². The summed E-state index contributed by atoms with van der Waals surface area (Å²) in [6, 6.07) is 11.3. The number of pyridine rings is 1. The van der Waals surface area contributed by atoms with Crippen LogP contribution in [0.5, 0.6) is 0 Å². The lowest BCUT2D eigenvalue weighted by atomic mass is 10.1. The van der Waals surface area contributed by atoms with Gasteiger partial charge in [-0.05, 0) is 42.6 Å². The molecule has 0 amide bonds. The normalized spacial score (nSPS) is 18.0. The van der Waals surface area contributed by atoms with Gasteiger partial charge in [-0.15, -0.1) is 0 Å². The number of nitrogens with zero attached hydrogens (tertiary/aromatic N) is 3. The fourth-order valence-corrected chi connectivity index (χ4v) is 4.17. The smallest absolute Gasteiger partial charge is 0.138 e. The van der Waals surface area contributed by atoms with Crippen LogP contribution in [0, 0.1) is 5.82 Å². The van der Waals surface area contributed by atoms with Crippen LogP contribution in [0.25, 0.3) is 11.0 Å². The minimum atomic E-state index is -0.201. The third-order valence-electron chi connectivity index (χ3n) is 4.63. The second-order valence-electron chi connectivity index (χ2n) is 6.24. The van der Waals surface area contributed by atoms with Gasteiger partial charge in [0.2, 0.25) is 0 Å². The Labute approximate surface area is 151 Å². The number of anilines is 1. The van der Waals surface area contributed by atoms with Crippen molar-refractivity contribution in [3.05, 3.63) is 54.6 Å². The van der Waals surface area contributed by atoms with Crippen LogP contribution in [0.15, 0.2) is 53.7 Å². The fourth-order valence-electron chi connectivity index (χ4n) is 3.26. The van der Waals surface area contributed by atoms with E-state index in [1.165, 1.54) is 18.0 Å². The van der Waals surface area contributed by atoms with E-state index in [9.17, 15) is 4.39 Å². The van der Waals surface area contributed by atoms with Gasteiger partial charge in [-0.3, -0.25) is 8.96 Å². The van der Waals surface area contributed by atoms with Crippen molar-refractivity contribution < 1.29 is 4.39 Å². The molecule has 0 saturated carbocycles. The van der Waals surface area contributed by atoms with Gasteiger partial charge in [0, 0.05) is 38.1 Å². The number of rotatable bonds is 4. The highest BCUT2D eigenvalue weighted by Crippen LogP contribution is 2.34. The van der Waals surface area contributed by atoms with Crippen LogP contribution in [0.4, 0.5) is 10.1 Å². The van der Waals surface area contributed by atoms with Crippen LogP contribution in [0.3, 0.4) is 0 Å². The summed E-state index contributed by atoms with van der Waals surface area (Å²) >= 11 is 1.39. The highest BCUT2D eigenvalue weighted by Gasteiger charge is 2.22. The first-order valence-electron chi connectivity index (χ1n) is 8.63. The summed E-state index contributed by atoms with van der Waals surface area (Å²) in [4.78, 5) is 7.60. The van der Waals surface area contributed by atoms with Crippen LogP contribution in [0.1, 0.15) is 13.3 Å². The lowest BCUT2D eigenvalue weighted by Crippen LogP contribution is -2.50. The molecule has 25 heavy (non-hydrogen) atoms. The summed E-state index contributed by atoms with van der Waals surface area (Å²) in [5, 5.41) is 3.55. The molecule has 1 aliphatic rings. The predicted octanol–water partition coefficient (Wildman–Crippen LogP) is 3.92. The molecule has 1 fully saturated rings. The standard InChI is InChI=1S/C19H21FN4S/c1-2-14-12-23(11-10-21-14)17-13-24(16-7-5-9-22-19(16)17)25-18-8-4-3-6-15(18)20/h3-9,13-14,21H,2,10-12H2,1H3. The Kier molecular flexibility index (Phi) is 4.63. The molecule has 6 heteroatoms. The number of hydrogen-bond donors (Lipinski definition) is 1. The van der Waals surface area contributed by atoms with E-state index in [1.807, 2.05) is 28.4 Å². The third kappa shape index (κ3) is 3.24. The molecule has 0 spiro atoms. The SMILES string of the molecule is CCC1CN(c2cn(Sc3ccccc3F)c3cccnc23)CCN1. The molecule has 1 unspecified atom stereocenters. The van der Waals surface area contributed by atoms with Gasteiger partial charge in [-0.2, -0.15) is 0 Å². The van der Waals surface area contributed by atoms with Crippen molar-refractivity contribution in [2.45, 2.75) is 24.3 Å². The highest BCUT2D eigenvalue weighted by atomic mass is 32.2. The molecule has 2 aromatic heterocycles. The van der Waals surface area contributed by atoms with Gasteiger partial charge in [0.25, 0.3) is 0 Å². The zero-order valence-electron chi connectivity index (χ0n) is 14.2. The lowest BCUT2D eigenvalue weighted by molar-refractivity contribution is 0.447. The number of hydrogen-bond acceptors (Lipinski definition) is 4. The van der Waals surface area contributed by atoms with Gasteiger partial charge >= 0.3 is 0 Å². The van der Waals surface area contributed by atoms with Crippen molar-refractivity contribution in [3.63, 3.8) is 0 Å². The molecule has 1 N–H and O–H groups in total. The van der Waals surface area contributed by atoms with Gasteiger partial charge in [-0.1, -0.05) is 19.1 Å². The number of fused-ring (bicyclic) bond motifs is 1. The Balaban J connectivity index is 1.73. The van der Waals surface area contributed by atoms with Crippen LogP contribution in [0.2, 0.25) is 0 Å². The molecule has 130 valence electrons. The molecule has 0 radical (unpaired) electrons. The fraction of sp³-hybridized carbons (Fsp3) is 0.316. The predicted molar refractivity (Wildman–Crippen MR) is 102 cm³/mol. The molecular weight excluding hydrogens is 335 g/mol.